The van der Waals surface area contributed by atoms with Gasteiger partial charge >= 0.3 is 0 Å². The highest BCUT2D eigenvalue weighted by Gasteiger charge is 2.00. The van der Waals surface area contributed by atoms with E-state index in [-0.39, 0.29) is 0 Å². The van der Waals surface area contributed by atoms with Crippen LogP contribution in [-0.2, 0) is 6.54 Å². The van der Waals surface area contributed by atoms with E-state index < -0.39 is 0 Å². The molecule has 84 valence electrons. The van der Waals surface area contributed by atoms with Crippen LogP contribution >= 0.6 is 0 Å². The first-order chi connectivity index (χ1) is 7.75. The smallest absolute Gasteiger partial charge is 0.243 e. The van der Waals surface area contributed by atoms with Gasteiger partial charge < -0.3 is 5.32 Å². The van der Waals surface area contributed by atoms with Crippen LogP contribution in [0, 0.1) is 13.8 Å². The fourth-order valence-electron chi connectivity index (χ4n) is 1.25. The van der Waals surface area contributed by atoms with Crippen molar-refractivity contribution in [1.29, 1.82) is 0 Å². The maximum atomic E-state index is 4.28. The number of anilines is 1. The summed E-state index contributed by atoms with van der Waals surface area (Å²) in [5.41, 5.74) is 1.76. The van der Waals surface area contributed by atoms with Crippen molar-refractivity contribution in [3.8, 4) is 0 Å². The van der Waals surface area contributed by atoms with Crippen LogP contribution in [0.4, 0.5) is 5.95 Å². The summed E-state index contributed by atoms with van der Waals surface area (Å²) >= 11 is 0. The van der Waals surface area contributed by atoms with Crippen molar-refractivity contribution in [3.63, 3.8) is 0 Å². The van der Waals surface area contributed by atoms with Crippen LogP contribution in [0.5, 0.6) is 0 Å². The summed E-state index contributed by atoms with van der Waals surface area (Å²) in [6, 6.07) is 1.90. The van der Waals surface area contributed by atoms with Crippen molar-refractivity contribution in [2.24, 2.45) is 0 Å². The van der Waals surface area contributed by atoms with Crippen LogP contribution in [0.25, 0.3) is 0 Å². The summed E-state index contributed by atoms with van der Waals surface area (Å²) in [6.07, 6.45) is 3.68. The van der Waals surface area contributed by atoms with E-state index in [1.54, 1.807) is 6.20 Å². The van der Waals surface area contributed by atoms with Gasteiger partial charge in [0.1, 0.15) is 0 Å². The monoisotopic (exact) mass is 218 g/mol. The summed E-state index contributed by atoms with van der Waals surface area (Å²) < 4.78 is 1.85. The number of nitrogens with one attached hydrogen (secondary N) is 1. The largest absolute Gasteiger partial charge is 0.351 e. The van der Waals surface area contributed by atoms with E-state index in [0.29, 0.717) is 5.95 Å². The Kier molecular flexibility index (Phi) is 3.09. The van der Waals surface area contributed by atoms with Gasteiger partial charge in [-0.25, -0.2) is 4.98 Å². The van der Waals surface area contributed by atoms with Gasteiger partial charge in [-0.1, -0.05) is 0 Å². The molecule has 0 aliphatic carbocycles. The summed E-state index contributed by atoms with van der Waals surface area (Å²) in [4.78, 5) is 4.28. The molecule has 0 aromatic carbocycles. The average Bonchev–Trinajstić information content (AvgIpc) is 2.76. The molecule has 0 aliphatic heterocycles. The maximum absolute atomic E-state index is 4.28. The molecule has 0 bridgehead atoms. The van der Waals surface area contributed by atoms with E-state index in [0.717, 1.165) is 24.5 Å². The summed E-state index contributed by atoms with van der Waals surface area (Å²) in [6.45, 7) is 5.32. The molecule has 0 aliphatic rings. The highest BCUT2D eigenvalue weighted by atomic mass is 15.3. The minimum Gasteiger partial charge on any atom is -0.351 e. The molecule has 0 saturated heterocycles. The van der Waals surface area contributed by atoms with Gasteiger partial charge in [-0.3, -0.25) is 4.68 Å². The number of hydrogen-bond donors (Lipinski definition) is 1. The lowest BCUT2D eigenvalue weighted by molar-refractivity contribution is 0.635. The van der Waals surface area contributed by atoms with Gasteiger partial charge in [-0.2, -0.15) is 10.2 Å². The van der Waals surface area contributed by atoms with E-state index in [2.05, 4.69) is 25.6 Å². The highest BCUT2D eigenvalue weighted by molar-refractivity contribution is 5.24. The topological polar surface area (TPSA) is 68.5 Å². The first-order valence-corrected chi connectivity index (χ1v) is 5.15. The van der Waals surface area contributed by atoms with Crippen LogP contribution in [-0.4, -0.2) is 31.5 Å². The van der Waals surface area contributed by atoms with Crippen molar-refractivity contribution in [3.05, 3.63) is 29.8 Å². The maximum Gasteiger partial charge on any atom is 0.243 e. The van der Waals surface area contributed by atoms with Gasteiger partial charge in [-0.15, -0.1) is 5.10 Å². The van der Waals surface area contributed by atoms with E-state index in [1.807, 2.05) is 30.8 Å². The van der Waals surface area contributed by atoms with E-state index >= 15 is 0 Å². The molecule has 0 unspecified atom stereocenters. The summed E-state index contributed by atoms with van der Waals surface area (Å²) in [5, 5.41) is 15.2. The number of aromatic nitrogens is 5. The Labute approximate surface area is 93.7 Å². The highest BCUT2D eigenvalue weighted by Crippen LogP contribution is 2.01. The minimum atomic E-state index is 0.565. The summed E-state index contributed by atoms with van der Waals surface area (Å²) in [7, 11) is 0. The normalized spacial score (nSPS) is 10.4. The Hall–Kier alpha value is -1.98. The Morgan fingerprint density at radius 2 is 2.12 bits per heavy atom. The first kappa shape index (κ1) is 10.5. The lowest BCUT2D eigenvalue weighted by atomic mass is 10.4. The molecule has 0 spiro atoms. The number of rotatable bonds is 4. The molecule has 0 radical (unpaired) electrons. The van der Waals surface area contributed by atoms with Gasteiger partial charge in [0.05, 0.1) is 17.9 Å². The van der Waals surface area contributed by atoms with Crippen molar-refractivity contribution in [2.75, 3.05) is 11.9 Å². The Morgan fingerprint density at radius 1 is 1.25 bits per heavy atom. The SMILES string of the molecule is Cc1nnc(NCCn2cccn2)nc1C. The van der Waals surface area contributed by atoms with E-state index in [9.17, 15) is 0 Å². The third-order valence-electron chi connectivity index (χ3n) is 2.28. The van der Waals surface area contributed by atoms with Crippen molar-refractivity contribution >= 4 is 5.95 Å². The molecule has 2 heterocycles. The number of nitrogens with zero attached hydrogens (tertiary/aromatic N) is 5. The minimum absolute atomic E-state index is 0.565. The van der Waals surface area contributed by atoms with Crippen LogP contribution in [0.15, 0.2) is 18.5 Å². The van der Waals surface area contributed by atoms with Crippen molar-refractivity contribution < 1.29 is 0 Å². The van der Waals surface area contributed by atoms with Crippen LogP contribution in [0.3, 0.4) is 0 Å². The second-order valence-electron chi connectivity index (χ2n) is 3.50. The molecular weight excluding hydrogens is 204 g/mol. The number of aryl methyl sites for hydroxylation is 2. The van der Waals surface area contributed by atoms with Gasteiger partial charge in [0.25, 0.3) is 0 Å². The molecule has 6 heteroatoms. The fourth-order valence-corrected chi connectivity index (χ4v) is 1.25. The molecule has 0 amide bonds. The predicted octanol–water partition coefficient (Wildman–Crippen LogP) is 0.797. The molecular formula is C10H14N6. The van der Waals surface area contributed by atoms with Gasteiger partial charge in [0.2, 0.25) is 5.95 Å². The lowest BCUT2D eigenvalue weighted by Crippen LogP contribution is -2.13. The fraction of sp³-hybridized carbons (Fsp3) is 0.400. The summed E-state index contributed by atoms with van der Waals surface area (Å²) in [5.74, 6) is 0.565. The van der Waals surface area contributed by atoms with Crippen molar-refractivity contribution in [1.82, 2.24) is 25.0 Å². The Bertz CT molecular complexity index is 450. The van der Waals surface area contributed by atoms with Gasteiger partial charge in [0.15, 0.2) is 0 Å². The van der Waals surface area contributed by atoms with Crippen LogP contribution in [0.1, 0.15) is 11.4 Å². The zero-order chi connectivity index (χ0) is 11.4. The molecule has 16 heavy (non-hydrogen) atoms. The number of hydrogen-bond acceptors (Lipinski definition) is 5. The average molecular weight is 218 g/mol. The molecule has 2 aromatic rings. The standard InChI is InChI=1S/C10H14N6/c1-8-9(2)14-15-10(13-8)11-5-7-16-6-3-4-12-16/h3-4,6H,5,7H2,1-2H3,(H,11,13,15). The van der Waals surface area contributed by atoms with Gasteiger partial charge in [-0.05, 0) is 19.9 Å². The second kappa shape index (κ2) is 4.69. The quantitative estimate of drug-likeness (QED) is 0.822. The second-order valence-corrected chi connectivity index (χ2v) is 3.50. The molecule has 0 atom stereocenters. The van der Waals surface area contributed by atoms with E-state index in [4.69, 9.17) is 0 Å². The zero-order valence-electron chi connectivity index (χ0n) is 9.38. The molecule has 2 rings (SSSR count). The third-order valence-corrected chi connectivity index (χ3v) is 2.28. The molecule has 6 nitrogen and oxygen atoms in total. The van der Waals surface area contributed by atoms with Gasteiger partial charge in [0, 0.05) is 18.9 Å². The van der Waals surface area contributed by atoms with E-state index in [1.165, 1.54) is 0 Å². The Balaban J connectivity index is 1.87. The molecule has 1 N–H and O–H groups in total. The van der Waals surface area contributed by atoms with Crippen LogP contribution < -0.4 is 5.32 Å². The van der Waals surface area contributed by atoms with Crippen LogP contribution in [0.2, 0.25) is 0 Å². The molecule has 2 aromatic heterocycles. The Morgan fingerprint density at radius 3 is 2.81 bits per heavy atom. The molecule has 0 fully saturated rings. The zero-order valence-corrected chi connectivity index (χ0v) is 9.38. The predicted molar refractivity (Wildman–Crippen MR) is 60.0 cm³/mol. The first-order valence-electron chi connectivity index (χ1n) is 5.15. The van der Waals surface area contributed by atoms with Crippen molar-refractivity contribution in [2.45, 2.75) is 20.4 Å². The third kappa shape index (κ3) is 2.53. The lowest BCUT2D eigenvalue weighted by Gasteiger charge is -2.05. The molecule has 0 saturated carbocycles.